The highest BCUT2D eigenvalue weighted by molar-refractivity contribution is 5.90. The molecule has 3 N–H and O–H groups in total. The second kappa shape index (κ2) is 7.53. The van der Waals surface area contributed by atoms with Crippen LogP contribution in [-0.2, 0) is 14.3 Å². The number of fused-ring (bicyclic) bond motifs is 4. The van der Waals surface area contributed by atoms with Crippen molar-refractivity contribution in [1.82, 2.24) is 0 Å². The predicted octanol–water partition coefficient (Wildman–Crippen LogP) is 3.37. The van der Waals surface area contributed by atoms with Gasteiger partial charge in [-0.2, -0.15) is 0 Å². The topological polar surface area (TPSA) is 99.5 Å². The molecule has 0 aromatic carbocycles. The van der Waals surface area contributed by atoms with Gasteiger partial charge in [-0.25, -0.2) is 4.79 Å². The molecule has 2 heterocycles. The second-order valence-corrected chi connectivity index (χ2v) is 13.1. The molecular weight excluding hydrogens is 432 g/mol. The number of esters is 1. The summed E-state index contributed by atoms with van der Waals surface area (Å²) in [5, 5.41) is 31.7. The predicted molar refractivity (Wildman–Crippen MR) is 126 cm³/mol. The van der Waals surface area contributed by atoms with Crippen molar-refractivity contribution in [1.29, 1.82) is 0 Å². The SMILES string of the molecule is CC1=C(CO)C(=O)O[C@@H]([C@@H](C)[C@H]2CC[C@H]3[C@@H]4C[C@H]5O[C@]56[C@@H](O)CC[C@@H](O)[C@]6(C)[C@H]4CC[C@]23C)C1. The van der Waals surface area contributed by atoms with Gasteiger partial charge in [-0.05, 0) is 86.9 Å². The van der Waals surface area contributed by atoms with Gasteiger partial charge >= 0.3 is 5.97 Å². The van der Waals surface area contributed by atoms with Crippen molar-refractivity contribution in [3.63, 3.8) is 0 Å². The first-order valence-corrected chi connectivity index (χ1v) is 13.6. The quantitative estimate of drug-likeness (QED) is 0.428. The fraction of sp³-hybridized carbons (Fsp3) is 0.893. The third kappa shape index (κ3) is 2.75. The number of cyclic esters (lactones) is 1. The Labute approximate surface area is 203 Å². The number of aliphatic hydroxyl groups is 3. The van der Waals surface area contributed by atoms with E-state index in [1.807, 2.05) is 6.92 Å². The van der Waals surface area contributed by atoms with E-state index in [0.29, 0.717) is 48.5 Å². The molecule has 0 amide bonds. The maximum Gasteiger partial charge on any atom is 0.336 e. The summed E-state index contributed by atoms with van der Waals surface area (Å²) in [7, 11) is 0. The van der Waals surface area contributed by atoms with Crippen LogP contribution in [0.4, 0.5) is 0 Å². The Morgan fingerprint density at radius 3 is 2.50 bits per heavy atom. The van der Waals surface area contributed by atoms with Crippen molar-refractivity contribution in [2.24, 2.45) is 40.4 Å². The van der Waals surface area contributed by atoms with Gasteiger partial charge in [-0.3, -0.25) is 0 Å². The first kappa shape index (κ1) is 23.4. The number of epoxide rings is 1. The zero-order valence-corrected chi connectivity index (χ0v) is 21.1. The Morgan fingerprint density at radius 1 is 1.06 bits per heavy atom. The van der Waals surface area contributed by atoms with Gasteiger partial charge in [0.25, 0.3) is 0 Å². The van der Waals surface area contributed by atoms with Gasteiger partial charge in [0.15, 0.2) is 0 Å². The van der Waals surface area contributed by atoms with Gasteiger partial charge in [0.2, 0.25) is 0 Å². The van der Waals surface area contributed by atoms with Gasteiger partial charge in [0.05, 0.1) is 30.5 Å². The average molecular weight is 475 g/mol. The lowest BCUT2D eigenvalue weighted by molar-refractivity contribution is -0.186. The molecule has 0 aromatic heterocycles. The van der Waals surface area contributed by atoms with Crippen LogP contribution < -0.4 is 0 Å². The molecule has 6 aliphatic rings. The van der Waals surface area contributed by atoms with E-state index in [1.165, 1.54) is 6.42 Å². The maximum atomic E-state index is 12.5. The summed E-state index contributed by atoms with van der Waals surface area (Å²) in [5.41, 5.74) is 0.674. The van der Waals surface area contributed by atoms with Gasteiger partial charge in [-0.1, -0.05) is 26.3 Å². The number of carbonyl (C=O) groups is 1. The zero-order valence-electron chi connectivity index (χ0n) is 21.1. The Kier molecular flexibility index (Phi) is 5.19. The molecule has 190 valence electrons. The highest BCUT2D eigenvalue weighted by Crippen LogP contribution is 2.74. The number of hydrogen-bond donors (Lipinski definition) is 3. The minimum Gasteiger partial charge on any atom is -0.458 e. The minimum absolute atomic E-state index is 0.0755. The molecule has 12 atom stereocenters. The number of rotatable bonds is 3. The van der Waals surface area contributed by atoms with Crippen molar-refractivity contribution in [3.05, 3.63) is 11.1 Å². The van der Waals surface area contributed by atoms with E-state index in [4.69, 9.17) is 9.47 Å². The summed E-state index contributed by atoms with van der Waals surface area (Å²) in [6.45, 7) is 8.65. The molecule has 4 saturated carbocycles. The smallest absolute Gasteiger partial charge is 0.336 e. The monoisotopic (exact) mass is 474 g/mol. The summed E-state index contributed by atoms with van der Waals surface area (Å²) in [4.78, 5) is 12.5. The Morgan fingerprint density at radius 2 is 1.79 bits per heavy atom. The molecule has 0 bridgehead atoms. The molecule has 6 nitrogen and oxygen atoms in total. The number of aliphatic hydroxyl groups excluding tert-OH is 3. The Hall–Kier alpha value is -0.950. The van der Waals surface area contributed by atoms with E-state index in [-0.39, 0.29) is 41.5 Å². The van der Waals surface area contributed by atoms with Crippen molar-refractivity contribution in [2.45, 2.75) is 109 Å². The van der Waals surface area contributed by atoms with Crippen LogP contribution in [0.2, 0.25) is 0 Å². The molecule has 4 aliphatic carbocycles. The first-order chi connectivity index (χ1) is 16.1. The van der Waals surface area contributed by atoms with Crippen molar-refractivity contribution >= 4 is 5.97 Å². The largest absolute Gasteiger partial charge is 0.458 e. The van der Waals surface area contributed by atoms with Crippen LogP contribution in [-0.4, -0.2) is 57.9 Å². The average Bonchev–Trinajstić information content (AvgIpc) is 3.43. The van der Waals surface area contributed by atoms with Gasteiger partial charge in [-0.15, -0.1) is 0 Å². The lowest BCUT2D eigenvalue weighted by Gasteiger charge is -2.61. The minimum atomic E-state index is -0.532. The molecule has 34 heavy (non-hydrogen) atoms. The van der Waals surface area contributed by atoms with Crippen LogP contribution >= 0.6 is 0 Å². The lowest BCUT2D eigenvalue weighted by atomic mass is 9.43. The molecule has 6 rings (SSSR count). The van der Waals surface area contributed by atoms with Crippen LogP contribution in [0, 0.1) is 40.4 Å². The van der Waals surface area contributed by atoms with Crippen LogP contribution in [0.25, 0.3) is 0 Å². The summed E-state index contributed by atoms with van der Waals surface area (Å²) >= 11 is 0. The molecule has 2 aliphatic heterocycles. The van der Waals surface area contributed by atoms with E-state index >= 15 is 0 Å². The third-order valence-electron chi connectivity index (χ3n) is 12.2. The maximum absolute atomic E-state index is 12.5. The normalized spacial score (nSPS) is 55.0. The van der Waals surface area contributed by atoms with E-state index in [1.54, 1.807) is 0 Å². The highest BCUT2D eigenvalue weighted by atomic mass is 16.6. The standard InChI is InChI=1S/C28H42O6/c1-14-11-21(33-25(32)17(14)13-29)15(2)18-5-6-19-16-12-24-28(34-24)23(31)8-7-22(30)27(28,4)20(16)9-10-26(18,19)3/h15-16,18-24,29-31H,5-13H2,1-4H3/t15-,16-,18+,19-,20-,21+,22+,23-,24+,26+,27-,28+/m0/s1. The summed E-state index contributed by atoms with van der Waals surface area (Å²) < 4.78 is 12.2. The van der Waals surface area contributed by atoms with E-state index in [0.717, 1.165) is 31.3 Å². The third-order valence-corrected chi connectivity index (χ3v) is 12.2. The molecule has 1 spiro atoms. The van der Waals surface area contributed by atoms with E-state index in [2.05, 4.69) is 20.8 Å². The van der Waals surface area contributed by atoms with Gasteiger partial charge in [0.1, 0.15) is 11.7 Å². The molecule has 0 radical (unpaired) electrons. The molecule has 0 aromatic rings. The van der Waals surface area contributed by atoms with Gasteiger partial charge < -0.3 is 24.8 Å². The Balaban J connectivity index is 1.26. The fourth-order valence-electron chi connectivity index (χ4n) is 10.3. The zero-order chi connectivity index (χ0) is 24.2. The summed E-state index contributed by atoms with van der Waals surface area (Å²) in [6, 6.07) is 0. The number of hydrogen-bond acceptors (Lipinski definition) is 6. The van der Waals surface area contributed by atoms with Crippen LogP contribution in [0.5, 0.6) is 0 Å². The summed E-state index contributed by atoms with van der Waals surface area (Å²) in [5.74, 6) is 1.88. The van der Waals surface area contributed by atoms with E-state index < -0.39 is 17.8 Å². The second-order valence-electron chi connectivity index (χ2n) is 13.1. The van der Waals surface area contributed by atoms with Crippen LogP contribution in [0.3, 0.4) is 0 Å². The van der Waals surface area contributed by atoms with Crippen molar-refractivity contribution in [3.8, 4) is 0 Å². The molecular formula is C28H42O6. The van der Waals surface area contributed by atoms with Crippen LogP contribution in [0.15, 0.2) is 11.1 Å². The first-order valence-electron chi connectivity index (χ1n) is 13.6. The molecule has 6 heteroatoms. The molecule has 5 fully saturated rings. The number of ether oxygens (including phenoxy) is 2. The van der Waals surface area contributed by atoms with Crippen LogP contribution in [0.1, 0.15) is 79.1 Å². The number of carbonyl (C=O) groups excluding carboxylic acids is 1. The van der Waals surface area contributed by atoms with Gasteiger partial charge in [0, 0.05) is 11.8 Å². The molecule has 1 saturated heterocycles. The van der Waals surface area contributed by atoms with Crippen molar-refractivity contribution < 1.29 is 29.6 Å². The summed E-state index contributed by atoms with van der Waals surface area (Å²) in [6.07, 6.45) is 6.61. The Bertz CT molecular complexity index is 915. The molecule has 0 unspecified atom stereocenters. The highest BCUT2D eigenvalue weighted by Gasteiger charge is 2.80. The lowest BCUT2D eigenvalue weighted by Crippen LogP contribution is -2.66. The van der Waals surface area contributed by atoms with E-state index in [9.17, 15) is 20.1 Å². The fourth-order valence-corrected chi connectivity index (χ4v) is 10.3. The van der Waals surface area contributed by atoms with Crippen molar-refractivity contribution in [2.75, 3.05) is 6.61 Å².